The van der Waals surface area contributed by atoms with Crippen molar-refractivity contribution >= 4 is 5.69 Å². The number of aryl methyl sites for hydroxylation is 1. The van der Waals surface area contributed by atoms with E-state index in [1.165, 1.54) is 6.07 Å². The van der Waals surface area contributed by atoms with Gasteiger partial charge in [0.2, 0.25) is 5.89 Å². The molecule has 0 saturated heterocycles. The van der Waals surface area contributed by atoms with E-state index < -0.39 is 0 Å². The average Bonchev–Trinajstić information content (AvgIpc) is 2.85. The molecule has 2 unspecified atom stereocenters. The third-order valence-corrected chi connectivity index (χ3v) is 3.11. The monoisotopic (exact) mass is 275 g/mol. The Morgan fingerprint density at radius 1 is 1.30 bits per heavy atom. The van der Waals surface area contributed by atoms with Crippen molar-refractivity contribution in [3.05, 3.63) is 57.8 Å². The van der Waals surface area contributed by atoms with Crippen molar-refractivity contribution in [2.45, 2.75) is 32.9 Å². The van der Waals surface area contributed by atoms with E-state index in [0.29, 0.717) is 11.5 Å². The molecular formula is C14H17N3O3. The molecule has 1 heterocycles. The third kappa shape index (κ3) is 3.03. The van der Waals surface area contributed by atoms with Crippen LogP contribution in [0.25, 0.3) is 0 Å². The molecule has 0 spiro atoms. The van der Waals surface area contributed by atoms with E-state index in [-0.39, 0.29) is 22.7 Å². The molecule has 106 valence electrons. The van der Waals surface area contributed by atoms with Crippen LogP contribution in [0.3, 0.4) is 0 Å². The van der Waals surface area contributed by atoms with E-state index in [4.69, 9.17) is 4.42 Å². The molecule has 1 aromatic heterocycles. The zero-order chi connectivity index (χ0) is 14.7. The fourth-order valence-corrected chi connectivity index (χ4v) is 2.13. The fourth-order valence-electron chi connectivity index (χ4n) is 2.13. The molecule has 6 heteroatoms. The molecule has 0 aliphatic rings. The molecule has 20 heavy (non-hydrogen) atoms. The molecule has 0 saturated carbocycles. The summed E-state index contributed by atoms with van der Waals surface area (Å²) in [6.07, 6.45) is 1.66. The quantitative estimate of drug-likeness (QED) is 0.668. The van der Waals surface area contributed by atoms with Gasteiger partial charge in [0.05, 0.1) is 17.2 Å². The van der Waals surface area contributed by atoms with Crippen LogP contribution in [0, 0.1) is 17.0 Å². The van der Waals surface area contributed by atoms with E-state index in [1.54, 1.807) is 24.4 Å². The summed E-state index contributed by atoms with van der Waals surface area (Å²) < 4.78 is 5.45. The number of nitro groups is 1. The van der Waals surface area contributed by atoms with Gasteiger partial charge in [-0.3, -0.25) is 15.4 Å². The van der Waals surface area contributed by atoms with Crippen LogP contribution < -0.4 is 5.32 Å². The molecular weight excluding hydrogens is 258 g/mol. The lowest BCUT2D eigenvalue weighted by molar-refractivity contribution is -0.385. The molecule has 2 aromatic rings. The van der Waals surface area contributed by atoms with E-state index >= 15 is 0 Å². The minimum atomic E-state index is -0.368. The maximum Gasteiger partial charge on any atom is 0.274 e. The summed E-state index contributed by atoms with van der Waals surface area (Å²) in [5.41, 5.74) is 0.760. The predicted molar refractivity (Wildman–Crippen MR) is 74.3 cm³/mol. The van der Waals surface area contributed by atoms with E-state index in [0.717, 1.165) is 5.76 Å². The average molecular weight is 275 g/mol. The molecule has 0 fully saturated rings. The molecule has 0 bridgehead atoms. The molecule has 0 radical (unpaired) electrons. The largest absolute Gasteiger partial charge is 0.444 e. The van der Waals surface area contributed by atoms with Crippen LogP contribution >= 0.6 is 0 Å². The van der Waals surface area contributed by atoms with Crippen molar-refractivity contribution in [3.63, 3.8) is 0 Å². The number of aromatic nitrogens is 1. The highest BCUT2D eigenvalue weighted by Crippen LogP contribution is 2.26. The standard InChI is InChI=1S/C14H17N3O3/c1-9-8-15-14(20-9)11(3)16-10(2)12-6-4-5-7-13(12)17(18)19/h4-8,10-11,16H,1-3H3. The summed E-state index contributed by atoms with van der Waals surface area (Å²) in [4.78, 5) is 14.8. The van der Waals surface area contributed by atoms with Crippen LogP contribution in [0.4, 0.5) is 5.69 Å². The van der Waals surface area contributed by atoms with Gasteiger partial charge in [0.25, 0.3) is 5.69 Å². The summed E-state index contributed by atoms with van der Waals surface area (Å²) in [5, 5.41) is 14.3. The molecule has 2 atom stereocenters. The lowest BCUT2D eigenvalue weighted by atomic mass is 10.1. The second kappa shape index (κ2) is 5.83. The number of hydrogen-bond acceptors (Lipinski definition) is 5. The van der Waals surface area contributed by atoms with Crippen molar-refractivity contribution in [2.75, 3.05) is 0 Å². The second-order valence-corrected chi connectivity index (χ2v) is 4.74. The lowest BCUT2D eigenvalue weighted by Crippen LogP contribution is -2.23. The van der Waals surface area contributed by atoms with Crippen LogP contribution in [0.2, 0.25) is 0 Å². The van der Waals surface area contributed by atoms with Crippen molar-refractivity contribution < 1.29 is 9.34 Å². The van der Waals surface area contributed by atoms with Gasteiger partial charge in [-0.1, -0.05) is 18.2 Å². The minimum Gasteiger partial charge on any atom is -0.444 e. The number of oxazole rings is 1. The first kappa shape index (κ1) is 14.2. The number of hydrogen-bond donors (Lipinski definition) is 1. The van der Waals surface area contributed by atoms with Crippen LogP contribution in [0.5, 0.6) is 0 Å². The van der Waals surface area contributed by atoms with Gasteiger partial charge >= 0.3 is 0 Å². The highest BCUT2D eigenvalue weighted by Gasteiger charge is 2.21. The SMILES string of the molecule is Cc1cnc(C(C)NC(C)c2ccccc2[N+](=O)[O-])o1. The zero-order valence-electron chi connectivity index (χ0n) is 11.7. The number of nitrogens with zero attached hydrogens (tertiary/aromatic N) is 2. The van der Waals surface area contributed by atoms with Gasteiger partial charge in [-0.05, 0) is 20.8 Å². The number of benzene rings is 1. The van der Waals surface area contributed by atoms with Gasteiger partial charge in [0, 0.05) is 17.7 Å². The highest BCUT2D eigenvalue weighted by molar-refractivity contribution is 5.41. The predicted octanol–water partition coefficient (Wildman–Crippen LogP) is 3.30. The number of nitrogens with one attached hydrogen (secondary N) is 1. The molecule has 1 aromatic carbocycles. The van der Waals surface area contributed by atoms with Crippen molar-refractivity contribution in [1.29, 1.82) is 0 Å². The third-order valence-electron chi connectivity index (χ3n) is 3.11. The van der Waals surface area contributed by atoms with Crippen LogP contribution in [0.15, 0.2) is 34.9 Å². The Morgan fingerprint density at radius 3 is 2.60 bits per heavy atom. The topological polar surface area (TPSA) is 81.2 Å². The van der Waals surface area contributed by atoms with Crippen LogP contribution in [0.1, 0.15) is 43.1 Å². The summed E-state index contributed by atoms with van der Waals surface area (Å²) in [6, 6.07) is 6.41. The maximum atomic E-state index is 11.0. The summed E-state index contributed by atoms with van der Waals surface area (Å²) in [6.45, 7) is 5.62. The lowest BCUT2D eigenvalue weighted by Gasteiger charge is -2.18. The first-order valence-electron chi connectivity index (χ1n) is 6.40. The summed E-state index contributed by atoms with van der Waals surface area (Å²) in [7, 11) is 0. The molecule has 0 aliphatic carbocycles. The molecule has 1 N–H and O–H groups in total. The molecule has 2 rings (SSSR count). The molecule has 0 amide bonds. The van der Waals surface area contributed by atoms with Crippen molar-refractivity contribution in [1.82, 2.24) is 10.3 Å². The minimum absolute atomic E-state index is 0.114. The second-order valence-electron chi connectivity index (χ2n) is 4.74. The van der Waals surface area contributed by atoms with Gasteiger partial charge in [0.15, 0.2) is 0 Å². The van der Waals surface area contributed by atoms with Gasteiger partial charge in [-0.2, -0.15) is 0 Å². The Morgan fingerprint density at radius 2 is 2.00 bits per heavy atom. The first-order chi connectivity index (χ1) is 9.49. The Bertz CT molecular complexity index is 609. The van der Waals surface area contributed by atoms with Gasteiger partial charge in [0.1, 0.15) is 5.76 Å². The van der Waals surface area contributed by atoms with Gasteiger partial charge < -0.3 is 4.42 Å². The fraction of sp³-hybridized carbons (Fsp3) is 0.357. The highest BCUT2D eigenvalue weighted by atomic mass is 16.6. The van der Waals surface area contributed by atoms with E-state index in [1.807, 2.05) is 20.8 Å². The van der Waals surface area contributed by atoms with Crippen LogP contribution in [-0.4, -0.2) is 9.91 Å². The number of para-hydroxylation sites is 1. The first-order valence-corrected chi connectivity index (χ1v) is 6.40. The number of rotatable bonds is 5. The normalized spacial score (nSPS) is 13.9. The Kier molecular flexibility index (Phi) is 4.14. The Hall–Kier alpha value is -2.21. The van der Waals surface area contributed by atoms with Gasteiger partial charge in [-0.15, -0.1) is 0 Å². The smallest absolute Gasteiger partial charge is 0.274 e. The summed E-state index contributed by atoms with van der Waals surface area (Å²) in [5.74, 6) is 1.32. The van der Waals surface area contributed by atoms with Crippen molar-refractivity contribution in [3.8, 4) is 0 Å². The number of nitro benzene ring substituents is 1. The van der Waals surface area contributed by atoms with E-state index in [9.17, 15) is 10.1 Å². The Labute approximate surface area is 117 Å². The van der Waals surface area contributed by atoms with Crippen LogP contribution in [-0.2, 0) is 0 Å². The zero-order valence-corrected chi connectivity index (χ0v) is 11.7. The maximum absolute atomic E-state index is 11.0. The molecule has 6 nitrogen and oxygen atoms in total. The summed E-state index contributed by atoms with van der Waals surface area (Å²) >= 11 is 0. The molecule has 0 aliphatic heterocycles. The van der Waals surface area contributed by atoms with E-state index in [2.05, 4.69) is 10.3 Å². The van der Waals surface area contributed by atoms with Gasteiger partial charge in [-0.25, -0.2) is 4.98 Å². The Balaban J connectivity index is 2.16. The van der Waals surface area contributed by atoms with Crippen molar-refractivity contribution in [2.24, 2.45) is 0 Å².